The van der Waals surface area contributed by atoms with E-state index >= 15 is 0 Å². The molecule has 0 aliphatic carbocycles. The number of piperidine rings is 1. The smallest absolute Gasteiger partial charge is 0.213 e. The summed E-state index contributed by atoms with van der Waals surface area (Å²) in [6.45, 7) is 3.27. The van der Waals surface area contributed by atoms with Gasteiger partial charge in [-0.2, -0.15) is 0 Å². The van der Waals surface area contributed by atoms with Gasteiger partial charge in [0.05, 0.1) is 13.2 Å². The predicted molar refractivity (Wildman–Crippen MR) is 69.7 cm³/mol. The first kappa shape index (κ1) is 11.5. The lowest BCUT2D eigenvalue weighted by Gasteiger charge is -2.27. The van der Waals surface area contributed by atoms with Gasteiger partial charge in [-0.1, -0.05) is 13.0 Å². The number of methoxy groups -OCH3 is 1. The van der Waals surface area contributed by atoms with Crippen molar-refractivity contribution in [1.29, 1.82) is 0 Å². The molecule has 96 valence electrons. The Hall–Kier alpha value is -1.55. The van der Waals surface area contributed by atoms with E-state index < -0.39 is 0 Å². The van der Waals surface area contributed by atoms with E-state index in [1.807, 2.05) is 18.2 Å². The zero-order valence-corrected chi connectivity index (χ0v) is 10.8. The fourth-order valence-corrected chi connectivity index (χ4v) is 2.62. The van der Waals surface area contributed by atoms with Gasteiger partial charge in [0, 0.05) is 0 Å². The largest absolute Gasteiger partial charge is 0.494 e. The molecule has 1 aliphatic heterocycles. The summed E-state index contributed by atoms with van der Waals surface area (Å²) >= 11 is 0. The molecule has 2 heterocycles. The molecule has 2 unspecified atom stereocenters. The van der Waals surface area contributed by atoms with E-state index in [4.69, 9.17) is 9.15 Å². The quantitative estimate of drug-likeness (QED) is 0.885. The Morgan fingerprint density at radius 3 is 3.11 bits per heavy atom. The Labute approximate surface area is 106 Å². The van der Waals surface area contributed by atoms with Gasteiger partial charge >= 0.3 is 0 Å². The standard InChI is InChI=1S/C14H18N2O2/c1-9-5-4-8-15-12(9)14-16-13-10(17-2)6-3-7-11(13)18-14/h3,6-7,9,12,15H,4-5,8H2,1-2H3. The van der Waals surface area contributed by atoms with Crippen LogP contribution in [0.1, 0.15) is 31.7 Å². The first-order valence-electron chi connectivity index (χ1n) is 6.46. The number of ether oxygens (including phenoxy) is 1. The highest BCUT2D eigenvalue weighted by Gasteiger charge is 2.27. The van der Waals surface area contributed by atoms with E-state index in [9.17, 15) is 0 Å². The molecule has 0 spiro atoms. The first-order valence-corrected chi connectivity index (χ1v) is 6.46. The molecule has 2 aromatic rings. The van der Waals surface area contributed by atoms with Gasteiger partial charge in [-0.25, -0.2) is 4.98 Å². The van der Waals surface area contributed by atoms with Gasteiger partial charge in [0.25, 0.3) is 0 Å². The summed E-state index contributed by atoms with van der Waals surface area (Å²) in [5.74, 6) is 2.10. The maximum Gasteiger partial charge on any atom is 0.213 e. The maximum absolute atomic E-state index is 5.87. The molecule has 3 rings (SSSR count). The second-order valence-corrected chi connectivity index (χ2v) is 4.91. The Morgan fingerprint density at radius 2 is 2.33 bits per heavy atom. The molecule has 1 aromatic carbocycles. The topological polar surface area (TPSA) is 47.3 Å². The first-order chi connectivity index (χ1) is 8.79. The number of oxazole rings is 1. The third kappa shape index (κ3) is 1.86. The summed E-state index contributed by atoms with van der Waals surface area (Å²) in [6.07, 6.45) is 2.44. The molecule has 1 saturated heterocycles. The molecule has 0 saturated carbocycles. The van der Waals surface area contributed by atoms with Crippen LogP contribution in [0.15, 0.2) is 22.6 Å². The lowest BCUT2D eigenvalue weighted by Crippen LogP contribution is -2.33. The van der Waals surface area contributed by atoms with Gasteiger partial charge in [0.15, 0.2) is 11.1 Å². The molecule has 0 amide bonds. The van der Waals surface area contributed by atoms with Crippen molar-refractivity contribution in [3.8, 4) is 5.75 Å². The summed E-state index contributed by atoms with van der Waals surface area (Å²) in [7, 11) is 1.66. The van der Waals surface area contributed by atoms with Gasteiger partial charge in [-0.05, 0) is 37.4 Å². The van der Waals surface area contributed by atoms with E-state index in [-0.39, 0.29) is 6.04 Å². The Morgan fingerprint density at radius 1 is 1.44 bits per heavy atom. The highest BCUT2D eigenvalue weighted by atomic mass is 16.5. The molecule has 1 N–H and O–H groups in total. The van der Waals surface area contributed by atoms with Gasteiger partial charge in [-0.15, -0.1) is 0 Å². The van der Waals surface area contributed by atoms with Crippen LogP contribution in [-0.2, 0) is 0 Å². The molecule has 4 heteroatoms. The van der Waals surface area contributed by atoms with Gasteiger partial charge in [0.1, 0.15) is 5.75 Å². The number of aromatic nitrogens is 1. The normalized spacial score (nSPS) is 24.3. The summed E-state index contributed by atoms with van der Waals surface area (Å²) in [4.78, 5) is 4.60. The van der Waals surface area contributed by atoms with Crippen molar-refractivity contribution in [1.82, 2.24) is 10.3 Å². The number of rotatable bonds is 2. The average Bonchev–Trinajstić information content (AvgIpc) is 2.82. The van der Waals surface area contributed by atoms with Gasteiger partial charge < -0.3 is 14.5 Å². The second kappa shape index (κ2) is 4.61. The van der Waals surface area contributed by atoms with Crippen molar-refractivity contribution in [2.75, 3.05) is 13.7 Å². The van der Waals surface area contributed by atoms with E-state index in [0.717, 1.165) is 29.3 Å². The second-order valence-electron chi connectivity index (χ2n) is 4.91. The third-order valence-corrected chi connectivity index (χ3v) is 3.65. The minimum atomic E-state index is 0.218. The lowest BCUT2D eigenvalue weighted by molar-refractivity contribution is 0.264. The van der Waals surface area contributed by atoms with Crippen molar-refractivity contribution in [3.05, 3.63) is 24.1 Å². The number of hydrogen-bond donors (Lipinski definition) is 1. The number of hydrogen-bond acceptors (Lipinski definition) is 4. The van der Waals surface area contributed by atoms with Crippen molar-refractivity contribution in [2.24, 2.45) is 5.92 Å². The van der Waals surface area contributed by atoms with E-state index in [0.29, 0.717) is 5.92 Å². The number of para-hydroxylation sites is 1. The van der Waals surface area contributed by atoms with E-state index in [1.54, 1.807) is 7.11 Å². The number of nitrogens with one attached hydrogen (secondary N) is 1. The zero-order valence-electron chi connectivity index (χ0n) is 10.8. The van der Waals surface area contributed by atoms with Crippen molar-refractivity contribution >= 4 is 11.1 Å². The van der Waals surface area contributed by atoms with Crippen molar-refractivity contribution in [3.63, 3.8) is 0 Å². The van der Waals surface area contributed by atoms with Crippen molar-refractivity contribution in [2.45, 2.75) is 25.8 Å². The van der Waals surface area contributed by atoms with Crippen LogP contribution in [0.5, 0.6) is 5.75 Å². The summed E-state index contributed by atoms with van der Waals surface area (Å²) in [5.41, 5.74) is 1.61. The van der Waals surface area contributed by atoms with Crippen LogP contribution >= 0.6 is 0 Å². The average molecular weight is 246 g/mol. The summed E-state index contributed by atoms with van der Waals surface area (Å²) in [6, 6.07) is 5.98. The Kier molecular flexibility index (Phi) is 2.96. The fourth-order valence-electron chi connectivity index (χ4n) is 2.62. The summed E-state index contributed by atoms with van der Waals surface area (Å²) < 4.78 is 11.2. The summed E-state index contributed by atoms with van der Waals surface area (Å²) in [5, 5.41) is 3.49. The number of nitrogens with zero attached hydrogens (tertiary/aromatic N) is 1. The molecule has 2 atom stereocenters. The molecule has 0 bridgehead atoms. The number of fused-ring (bicyclic) bond motifs is 1. The predicted octanol–water partition coefficient (Wildman–Crippen LogP) is 2.90. The molecule has 18 heavy (non-hydrogen) atoms. The fraction of sp³-hybridized carbons (Fsp3) is 0.500. The highest BCUT2D eigenvalue weighted by molar-refractivity contribution is 5.79. The van der Waals surface area contributed by atoms with E-state index in [2.05, 4.69) is 17.2 Å². The van der Waals surface area contributed by atoms with E-state index in [1.165, 1.54) is 12.8 Å². The minimum absolute atomic E-state index is 0.218. The van der Waals surface area contributed by atoms with Crippen LogP contribution in [0.25, 0.3) is 11.1 Å². The minimum Gasteiger partial charge on any atom is -0.494 e. The lowest BCUT2D eigenvalue weighted by atomic mass is 9.93. The van der Waals surface area contributed by atoms with Gasteiger partial charge in [-0.3, -0.25) is 0 Å². The molecule has 4 nitrogen and oxygen atoms in total. The van der Waals surface area contributed by atoms with Crippen LogP contribution in [0, 0.1) is 5.92 Å². The van der Waals surface area contributed by atoms with Crippen LogP contribution in [0.3, 0.4) is 0 Å². The van der Waals surface area contributed by atoms with Crippen LogP contribution in [0.2, 0.25) is 0 Å². The molecule has 1 aliphatic rings. The SMILES string of the molecule is COc1cccc2oc(C3NCCCC3C)nc12. The molecule has 1 fully saturated rings. The monoisotopic (exact) mass is 246 g/mol. The van der Waals surface area contributed by atoms with Crippen LogP contribution < -0.4 is 10.1 Å². The highest BCUT2D eigenvalue weighted by Crippen LogP contribution is 2.32. The Bertz CT molecular complexity index is 550. The maximum atomic E-state index is 5.87. The zero-order chi connectivity index (χ0) is 12.5. The van der Waals surface area contributed by atoms with Crippen LogP contribution in [-0.4, -0.2) is 18.6 Å². The Balaban J connectivity index is 2.02. The molecule has 0 radical (unpaired) electrons. The molecular formula is C14H18N2O2. The van der Waals surface area contributed by atoms with Gasteiger partial charge in [0.2, 0.25) is 5.89 Å². The van der Waals surface area contributed by atoms with Crippen molar-refractivity contribution < 1.29 is 9.15 Å². The third-order valence-electron chi connectivity index (χ3n) is 3.65. The molecule has 1 aromatic heterocycles. The molecular weight excluding hydrogens is 228 g/mol. The van der Waals surface area contributed by atoms with Crippen LogP contribution in [0.4, 0.5) is 0 Å². The number of benzene rings is 1.